The van der Waals surface area contributed by atoms with Crippen molar-refractivity contribution in [3.05, 3.63) is 29.8 Å². The highest BCUT2D eigenvalue weighted by molar-refractivity contribution is 5.27. The average Bonchev–Trinajstić information content (AvgIpc) is 2.46. The zero-order chi connectivity index (χ0) is 15.9. The van der Waals surface area contributed by atoms with Crippen molar-refractivity contribution in [2.45, 2.75) is 51.9 Å². The molecule has 1 fully saturated rings. The van der Waals surface area contributed by atoms with Crippen molar-refractivity contribution in [1.82, 2.24) is 4.90 Å². The Kier molecular flexibility index (Phi) is 8.92. The molecule has 1 aromatic rings. The summed E-state index contributed by atoms with van der Waals surface area (Å²) in [6.45, 7) is 9.01. The van der Waals surface area contributed by atoms with Crippen LogP contribution in [-0.4, -0.2) is 54.6 Å². The van der Waals surface area contributed by atoms with E-state index in [1.54, 1.807) is 0 Å². The van der Waals surface area contributed by atoms with Gasteiger partial charge in [-0.2, -0.15) is 0 Å². The summed E-state index contributed by atoms with van der Waals surface area (Å²) in [5.74, 6) is 0.822. The van der Waals surface area contributed by atoms with Gasteiger partial charge < -0.3 is 27.0 Å². The fourth-order valence-electron chi connectivity index (χ4n) is 3.02. The monoisotopic (exact) mass is 342 g/mol. The lowest BCUT2D eigenvalue weighted by atomic mass is 10.1. The van der Waals surface area contributed by atoms with Gasteiger partial charge in [-0.1, -0.05) is 25.5 Å². The number of hydrogen-bond acceptors (Lipinski definition) is 4. The fourth-order valence-corrected chi connectivity index (χ4v) is 3.02. The highest BCUT2D eigenvalue weighted by Gasteiger charge is 2.23. The molecule has 132 valence electrons. The van der Waals surface area contributed by atoms with Gasteiger partial charge >= 0.3 is 0 Å². The Morgan fingerprint density at radius 3 is 2.39 bits per heavy atom. The number of β-amino-alcohol motifs (C(OH)–C–C–N with tert-alkyl or cyclic N) is 1. The van der Waals surface area contributed by atoms with Gasteiger partial charge in [0.25, 0.3) is 0 Å². The lowest BCUT2D eigenvalue weighted by molar-refractivity contribution is -0.0786. The normalized spacial score (nSPS) is 23.1. The highest BCUT2D eigenvalue weighted by atomic mass is 35.5. The van der Waals surface area contributed by atoms with Crippen LogP contribution in [0.1, 0.15) is 32.8 Å². The van der Waals surface area contributed by atoms with E-state index in [0.29, 0.717) is 13.2 Å². The predicted molar refractivity (Wildman–Crippen MR) is 88.4 cm³/mol. The van der Waals surface area contributed by atoms with E-state index in [1.807, 2.05) is 12.1 Å². The van der Waals surface area contributed by atoms with Gasteiger partial charge in [0.2, 0.25) is 0 Å². The molecule has 23 heavy (non-hydrogen) atoms. The summed E-state index contributed by atoms with van der Waals surface area (Å²) >= 11 is 0. The summed E-state index contributed by atoms with van der Waals surface area (Å²) < 4.78 is 11.4. The number of aryl methyl sites for hydroxylation is 1. The molecule has 0 radical (unpaired) electrons. The molecule has 0 spiro atoms. The maximum absolute atomic E-state index is 10.2. The van der Waals surface area contributed by atoms with Gasteiger partial charge in [0.1, 0.15) is 18.5 Å². The van der Waals surface area contributed by atoms with Gasteiger partial charge in [-0.15, -0.1) is 0 Å². The molecule has 5 heteroatoms. The molecule has 0 aliphatic carbocycles. The molecule has 0 bridgehead atoms. The molecule has 0 aromatic heterocycles. The van der Waals surface area contributed by atoms with E-state index in [0.717, 1.165) is 31.7 Å². The second-order valence-electron chi connectivity index (χ2n) is 6.33. The molecule has 1 N–H and O–H groups in total. The number of ether oxygens (including phenoxy) is 2. The van der Waals surface area contributed by atoms with Gasteiger partial charge in [0.15, 0.2) is 0 Å². The molecular weight excluding hydrogens is 314 g/mol. The van der Waals surface area contributed by atoms with Crippen LogP contribution in [0.25, 0.3) is 0 Å². The lowest BCUT2D eigenvalue weighted by Crippen LogP contribution is -3.00. The number of aliphatic hydroxyl groups excluding tert-OH is 1. The van der Waals surface area contributed by atoms with Crippen LogP contribution in [0.15, 0.2) is 24.3 Å². The van der Waals surface area contributed by atoms with Crippen LogP contribution in [-0.2, 0) is 11.2 Å². The standard InChI is InChI=1S/C18H29NO3.ClH/c1-4-5-16-6-8-18(9-7-16)21-13-17(20)12-19-10-14(2)22-15(3)11-19;/h6-9,14-15,17,20H,4-5,10-13H2,1-3H3;1H/p-1. The lowest BCUT2D eigenvalue weighted by Gasteiger charge is -2.36. The van der Waals surface area contributed by atoms with Crippen LogP contribution < -0.4 is 17.1 Å². The van der Waals surface area contributed by atoms with Gasteiger partial charge in [-0.05, 0) is 38.0 Å². The smallest absolute Gasteiger partial charge is 0.119 e. The first-order valence-electron chi connectivity index (χ1n) is 8.34. The van der Waals surface area contributed by atoms with Crippen LogP contribution >= 0.6 is 0 Å². The van der Waals surface area contributed by atoms with Crippen LogP contribution in [0, 0.1) is 0 Å². The second kappa shape index (κ2) is 10.1. The predicted octanol–water partition coefficient (Wildman–Crippen LogP) is -0.508. The van der Waals surface area contributed by atoms with E-state index in [9.17, 15) is 5.11 Å². The zero-order valence-electron chi connectivity index (χ0n) is 14.4. The van der Waals surface area contributed by atoms with E-state index >= 15 is 0 Å². The van der Waals surface area contributed by atoms with Crippen molar-refractivity contribution in [3.63, 3.8) is 0 Å². The van der Waals surface area contributed by atoms with Gasteiger partial charge in [0, 0.05) is 19.6 Å². The molecule has 1 saturated heterocycles. The molecule has 1 aliphatic heterocycles. The Bertz CT molecular complexity index is 430. The molecular formula is C18H29ClNO3-. The average molecular weight is 343 g/mol. The number of rotatable bonds is 7. The van der Waals surface area contributed by atoms with Gasteiger partial charge in [-0.25, -0.2) is 0 Å². The molecule has 0 amide bonds. The summed E-state index contributed by atoms with van der Waals surface area (Å²) in [7, 11) is 0. The van der Waals surface area contributed by atoms with Crippen molar-refractivity contribution in [2.75, 3.05) is 26.2 Å². The summed E-state index contributed by atoms with van der Waals surface area (Å²) in [5, 5.41) is 10.2. The van der Waals surface area contributed by atoms with Crippen LogP contribution in [0.5, 0.6) is 5.75 Å². The number of benzene rings is 1. The summed E-state index contributed by atoms with van der Waals surface area (Å²) in [4.78, 5) is 2.25. The molecule has 1 heterocycles. The third-order valence-corrected chi connectivity index (χ3v) is 3.87. The Labute approximate surface area is 146 Å². The third-order valence-electron chi connectivity index (χ3n) is 3.87. The molecule has 1 aromatic carbocycles. The fraction of sp³-hybridized carbons (Fsp3) is 0.667. The first-order valence-corrected chi connectivity index (χ1v) is 8.34. The van der Waals surface area contributed by atoms with Crippen LogP contribution in [0.4, 0.5) is 0 Å². The zero-order valence-corrected chi connectivity index (χ0v) is 15.1. The second-order valence-corrected chi connectivity index (χ2v) is 6.33. The van der Waals surface area contributed by atoms with E-state index in [2.05, 4.69) is 37.8 Å². The molecule has 2 rings (SSSR count). The Hall–Kier alpha value is -0.810. The number of nitrogens with zero attached hydrogens (tertiary/aromatic N) is 1. The largest absolute Gasteiger partial charge is 1.00 e. The minimum Gasteiger partial charge on any atom is -1.00 e. The third kappa shape index (κ3) is 7.08. The Morgan fingerprint density at radius 1 is 1.22 bits per heavy atom. The van der Waals surface area contributed by atoms with Crippen LogP contribution in [0.3, 0.4) is 0 Å². The van der Waals surface area contributed by atoms with Crippen molar-refractivity contribution in [3.8, 4) is 5.75 Å². The molecule has 3 unspecified atom stereocenters. The topological polar surface area (TPSA) is 41.9 Å². The Morgan fingerprint density at radius 2 is 1.83 bits per heavy atom. The van der Waals surface area contributed by atoms with Crippen molar-refractivity contribution in [1.29, 1.82) is 0 Å². The Balaban J connectivity index is 0.00000264. The first-order chi connectivity index (χ1) is 10.6. The molecule has 1 aliphatic rings. The minimum atomic E-state index is -0.479. The van der Waals surface area contributed by atoms with E-state index in [1.165, 1.54) is 5.56 Å². The first kappa shape index (κ1) is 20.2. The number of halogens is 1. The number of morpholine rings is 1. The van der Waals surface area contributed by atoms with E-state index in [-0.39, 0.29) is 24.6 Å². The molecule has 3 atom stereocenters. The van der Waals surface area contributed by atoms with Crippen molar-refractivity contribution >= 4 is 0 Å². The number of hydrogen-bond donors (Lipinski definition) is 1. The molecule has 0 saturated carbocycles. The summed E-state index contributed by atoms with van der Waals surface area (Å²) in [5.41, 5.74) is 1.33. The van der Waals surface area contributed by atoms with E-state index < -0.39 is 6.10 Å². The minimum absolute atomic E-state index is 0. The SMILES string of the molecule is CCCc1ccc(OCC(O)CN2CC(C)OC(C)C2)cc1.[Cl-]. The van der Waals surface area contributed by atoms with Gasteiger partial charge in [-0.3, -0.25) is 4.90 Å². The quantitative estimate of drug-likeness (QED) is 0.725. The summed E-state index contributed by atoms with van der Waals surface area (Å²) in [6.07, 6.45) is 2.21. The van der Waals surface area contributed by atoms with Crippen molar-refractivity contribution in [2.24, 2.45) is 0 Å². The maximum atomic E-state index is 10.2. The van der Waals surface area contributed by atoms with Crippen LogP contribution in [0.2, 0.25) is 0 Å². The molecule has 4 nitrogen and oxygen atoms in total. The number of aliphatic hydroxyl groups is 1. The highest BCUT2D eigenvalue weighted by Crippen LogP contribution is 2.14. The van der Waals surface area contributed by atoms with Gasteiger partial charge in [0.05, 0.1) is 12.2 Å². The maximum Gasteiger partial charge on any atom is 0.119 e. The van der Waals surface area contributed by atoms with Crippen molar-refractivity contribution < 1.29 is 27.0 Å². The van der Waals surface area contributed by atoms with E-state index in [4.69, 9.17) is 9.47 Å². The summed E-state index contributed by atoms with van der Waals surface area (Å²) in [6, 6.07) is 8.15.